The Labute approximate surface area is 136 Å². The minimum absolute atomic E-state index is 0.138. The molecule has 0 N–H and O–H groups in total. The van der Waals surface area contributed by atoms with Crippen LogP contribution in [0.1, 0.15) is 16.8 Å². The number of amides is 1. The molecule has 1 aliphatic rings. The van der Waals surface area contributed by atoms with Crippen LogP contribution in [0, 0.1) is 0 Å². The predicted molar refractivity (Wildman–Crippen MR) is 86.5 cm³/mol. The van der Waals surface area contributed by atoms with Gasteiger partial charge in [0.25, 0.3) is 5.91 Å². The van der Waals surface area contributed by atoms with Gasteiger partial charge in [0, 0.05) is 31.7 Å². The Morgan fingerprint density at radius 1 is 1.04 bits per heavy atom. The van der Waals surface area contributed by atoms with Crippen molar-refractivity contribution in [3.05, 3.63) is 23.8 Å². The third-order valence-corrected chi connectivity index (χ3v) is 5.14. The van der Waals surface area contributed by atoms with Crippen LogP contribution in [0.15, 0.2) is 18.2 Å². The SMILES string of the molecule is COc1ccc(C(=O)N2CCCN(S(C)(=O)=O)CC2)cc1OC. The van der Waals surface area contributed by atoms with Crippen molar-refractivity contribution in [2.45, 2.75) is 6.42 Å². The first-order chi connectivity index (χ1) is 10.9. The van der Waals surface area contributed by atoms with Crippen LogP contribution in [0.3, 0.4) is 0 Å². The van der Waals surface area contributed by atoms with E-state index in [1.807, 2.05) is 0 Å². The van der Waals surface area contributed by atoms with E-state index in [4.69, 9.17) is 9.47 Å². The molecule has 1 aliphatic heterocycles. The first-order valence-corrected chi connectivity index (χ1v) is 9.18. The Morgan fingerprint density at radius 2 is 1.74 bits per heavy atom. The molecule has 8 heteroatoms. The summed E-state index contributed by atoms with van der Waals surface area (Å²) in [4.78, 5) is 14.3. The predicted octanol–water partition coefficient (Wildman–Crippen LogP) is 0.811. The molecule has 0 spiro atoms. The zero-order valence-corrected chi connectivity index (χ0v) is 14.4. The Hall–Kier alpha value is -1.80. The molecule has 0 aliphatic carbocycles. The molecule has 0 aromatic heterocycles. The standard InChI is InChI=1S/C15H22N2O5S/c1-21-13-6-5-12(11-14(13)22-2)15(18)16-7-4-8-17(10-9-16)23(3,19)20/h5-6,11H,4,7-10H2,1-3H3. The fraction of sp³-hybridized carbons (Fsp3) is 0.533. The van der Waals surface area contributed by atoms with Gasteiger partial charge in [0.15, 0.2) is 11.5 Å². The van der Waals surface area contributed by atoms with Crippen molar-refractivity contribution in [2.75, 3.05) is 46.7 Å². The highest BCUT2D eigenvalue weighted by atomic mass is 32.2. The average Bonchev–Trinajstić information content (AvgIpc) is 2.79. The van der Waals surface area contributed by atoms with Gasteiger partial charge < -0.3 is 14.4 Å². The molecule has 2 rings (SSSR count). The van der Waals surface area contributed by atoms with Crippen LogP contribution in [0.25, 0.3) is 0 Å². The van der Waals surface area contributed by atoms with E-state index in [-0.39, 0.29) is 5.91 Å². The van der Waals surface area contributed by atoms with Gasteiger partial charge in [0.1, 0.15) is 0 Å². The molecule has 1 fully saturated rings. The number of carbonyl (C=O) groups is 1. The van der Waals surface area contributed by atoms with Gasteiger partial charge in [-0.1, -0.05) is 0 Å². The zero-order chi connectivity index (χ0) is 17.0. The number of nitrogens with zero attached hydrogens (tertiary/aromatic N) is 2. The normalized spacial score (nSPS) is 16.7. The molecular formula is C15H22N2O5S. The van der Waals surface area contributed by atoms with Crippen molar-refractivity contribution in [1.29, 1.82) is 0 Å². The molecule has 1 amide bonds. The molecule has 7 nitrogen and oxygen atoms in total. The first-order valence-electron chi connectivity index (χ1n) is 7.33. The van der Waals surface area contributed by atoms with Crippen LogP contribution in [0.4, 0.5) is 0 Å². The van der Waals surface area contributed by atoms with E-state index in [9.17, 15) is 13.2 Å². The third kappa shape index (κ3) is 4.14. The van der Waals surface area contributed by atoms with Crippen molar-refractivity contribution >= 4 is 15.9 Å². The molecule has 1 saturated heterocycles. The van der Waals surface area contributed by atoms with Crippen molar-refractivity contribution in [2.24, 2.45) is 0 Å². The van der Waals surface area contributed by atoms with E-state index < -0.39 is 10.0 Å². The van der Waals surface area contributed by atoms with Gasteiger partial charge >= 0.3 is 0 Å². The molecule has 128 valence electrons. The molecule has 1 aromatic rings. The minimum Gasteiger partial charge on any atom is -0.493 e. The van der Waals surface area contributed by atoms with Gasteiger partial charge in [-0.2, -0.15) is 0 Å². The molecule has 1 heterocycles. The van der Waals surface area contributed by atoms with E-state index in [1.165, 1.54) is 24.8 Å². The highest BCUT2D eigenvalue weighted by Gasteiger charge is 2.24. The molecule has 23 heavy (non-hydrogen) atoms. The summed E-state index contributed by atoms with van der Waals surface area (Å²) in [6.45, 7) is 1.66. The van der Waals surface area contributed by atoms with Crippen molar-refractivity contribution in [3.8, 4) is 11.5 Å². The fourth-order valence-corrected chi connectivity index (χ4v) is 3.45. The maximum atomic E-state index is 12.6. The number of ether oxygens (including phenoxy) is 2. The summed E-state index contributed by atoms with van der Waals surface area (Å²) in [5, 5.41) is 0. The number of carbonyl (C=O) groups excluding carboxylic acids is 1. The lowest BCUT2D eigenvalue weighted by Crippen LogP contribution is -2.36. The van der Waals surface area contributed by atoms with Gasteiger partial charge in [0.05, 0.1) is 20.5 Å². The summed E-state index contributed by atoms with van der Waals surface area (Å²) in [6, 6.07) is 5.01. The summed E-state index contributed by atoms with van der Waals surface area (Å²) in [5.74, 6) is 0.912. The van der Waals surface area contributed by atoms with Crippen LogP contribution >= 0.6 is 0 Å². The summed E-state index contributed by atoms with van der Waals surface area (Å²) in [5.41, 5.74) is 0.496. The maximum Gasteiger partial charge on any atom is 0.254 e. The second-order valence-electron chi connectivity index (χ2n) is 5.38. The van der Waals surface area contributed by atoms with E-state index in [2.05, 4.69) is 0 Å². The van der Waals surface area contributed by atoms with Crippen LogP contribution in [0.2, 0.25) is 0 Å². The van der Waals surface area contributed by atoms with Gasteiger partial charge in [-0.05, 0) is 24.6 Å². The van der Waals surface area contributed by atoms with Crippen LogP contribution in [0.5, 0.6) is 11.5 Å². The van der Waals surface area contributed by atoms with E-state index in [0.29, 0.717) is 49.7 Å². The maximum absolute atomic E-state index is 12.6. The lowest BCUT2D eigenvalue weighted by molar-refractivity contribution is 0.0764. The Morgan fingerprint density at radius 3 is 2.35 bits per heavy atom. The topological polar surface area (TPSA) is 76.2 Å². The number of sulfonamides is 1. The quantitative estimate of drug-likeness (QED) is 0.809. The van der Waals surface area contributed by atoms with Gasteiger partial charge in [-0.15, -0.1) is 0 Å². The smallest absolute Gasteiger partial charge is 0.254 e. The van der Waals surface area contributed by atoms with Crippen LogP contribution in [-0.4, -0.2) is 70.2 Å². The van der Waals surface area contributed by atoms with Crippen molar-refractivity contribution in [3.63, 3.8) is 0 Å². The van der Waals surface area contributed by atoms with Gasteiger partial charge in [0.2, 0.25) is 10.0 Å². The van der Waals surface area contributed by atoms with E-state index in [0.717, 1.165) is 0 Å². The van der Waals surface area contributed by atoms with Crippen LogP contribution < -0.4 is 9.47 Å². The zero-order valence-electron chi connectivity index (χ0n) is 13.6. The number of hydrogen-bond acceptors (Lipinski definition) is 5. The second kappa shape index (κ2) is 7.18. The van der Waals surface area contributed by atoms with E-state index >= 15 is 0 Å². The third-order valence-electron chi connectivity index (χ3n) is 3.84. The Kier molecular flexibility index (Phi) is 5.48. The molecule has 0 bridgehead atoms. The van der Waals surface area contributed by atoms with Crippen molar-refractivity contribution < 1.29 is 22.7 Å². The molecule has 0 unspecified atom stereocenters. The molecule has 1 aromatic carbocycles. The van der Waals surface area contributed by atoms with Crippen LogP contribution in [-0.2, 0) is 10.0 Å². The molecule has 0 radical (unpaired) electrons. The highest BCUT2D eigenvalue weighted by Crippen LogP contribution is 2.28. The summed E-state index contributed by atoms with van der Waals surface area (Å²) < 4.78 is 35.1. The second-order valence-corrected chi connectivity index (χ2v) is 7.36. The number of methoxy groups -OCH3 is 2. The van der Waals surface area contributed by atoms with Gasteiger partial charge in [-0.25, -0.2) is 12.7 Å². The Bertz CT molecular complexity index is 674. The first kappa shape index (κ1) is 17.6. The largest absolute Gasteiger partial charge is 0.493 e. The minimum atomic E-state index is -3.22. The summed E-state index contributed by atoms with van der Waals surface area (Å²) >= 11 is 0. The number of rotatable bonds is 4. The monoisotopic (exact) mass is 342 g/mol. The van der Waals surface area contributed by atoms with Gasteiger partial charge in [-0.3, -0.25) is 4.79 Å². The van der Waals surface area contributed by atoms with E-state index in [1.54, 1.807) is 23.1 Å². The molecule has 0 saturated carbocycles. The summed E-state index contributed by atoms with van der Waals surface area (Å²) in [7, 11) is -0.172. The Balaban J connectivity index is 2.14. The van der Waals surface area contributed by atoms with Crippen molar-refractivity contribution in [1.82, 2.24) is 9.21 Å². The fourth-order valence-electron chi connectivity index (χ4n) is 2.58. The average molecular weight is 342 g/mol. The molecular weight excluding hydrogens is 320 g/mol. The number of hydrogen-bond donors (Lipinski definition) is 0. The number of benzene rings is 1. The lowest BCUT2D eigenvalue weighted by atomic mass is 10.1. The lowest BCUT2D eigenvalue weighted by Gasteiger charge is -2.21. The summed E-state index contributed by atoms with van der Waals surface area (Å²) in [6.07, 6.45) is 1.81. The molecule has 0 atom stereocenters. The highest BCUT2D eigenvalue weighted by molar-refractivity contribution is 7.88.